The maximum Gasteiger partial charge on any atom is 0.121 e. The van der Waals surface area contributed by atoms with E-state index in [-0.39, 0.29) is 0 Å². The molecule has 0 heterocycles. The largest absolute Gasteiger partial charge is 0.121 e. The van der Waals surface area contributed by atoms with E-state index in [9.17, 15) is 0 Å². The van der Waals surface area contributed by atoms with Gasteiger partial charge in [0.1, 0.15) is 7.28 Å². The summed E-state index contributed by atoms with van der Waals surface area (Å²) in [5.41, 5.74) is 0. The van der Waals surface area contributed by atoms with Crippen LogP contribution in [0.15, 0.2) is 0 Å². The van der Waals surface area contributed by atoms with Crippen LogP contribution in [-0.4, -0.2) is 7.28 Å². The molecule has 0 spiro atoms. The zero-order valence-corrected chi connectivity index (χ0v) is 10.1. The van der Waals surface area contributed by atoms with Crippen molar-refractivity contribution in [2.24, 2.45) is 11.8 Å². The van der Waals surface area contributed by atoms with Gasteiger partial charge in [-0.3, -0.25) is 0 Å². The fraction of sp³-hybridized carbons (Fsp3) is 1.00. The molecule has 0 amide bonds. The van der Waals surface area contributed by atoms with Crippen molar-refractivity contribution < 1.29 is 0 Å². The second kappa shape index (κ2) is 3.91. The third-order valence-corrected chi connectivity index (χ3v) is 4.08. The minimum absolute atomic E-state index is 0.426. The summed E-state index contributed by atoms with van der Waals surface area (Å²) in [4.78, 5) is 0. The molecule has 0 aliphatic heterocycles. The summed E-state index contributed by atoms with van der Waals surface area (Å²) >= 11 is 0. The molecule has 0 nitrogen and oxygen atoms in total. The number of rotatable bonds is 1. The third kappa shape index (κ3) is 2.35. The van der Waals surface area contributed by atoms with Crippen molar-refractivity contribution in [3.63, 3.8) is 0 Å². The Kier molecular flexibility index (Phi) is 2.95. The molecule has 1 radical (unpaired) electrons. The van der Waals surface area contributed by atoms with Crippen LogP contribution in [-0.2, 0) is 0 Å². The summed E-state index contributed by atoms with van der Waals surface area (Å²) in [5, 5.41) is 0.426. The number of fused-ring (bicyclic) bond motifs is 2. The minimum atomic E-state index is 0.426. The van der Waals surface area contributed by atoms with Crippen molar-refractivity contribution >= 4 is 7.28 Å². The van der Waals surface area contributed by atoms with Gasteiger partial charge in [0.15, 0.2) is 0 Å². The first-order valence-corrected chi connectivity index (χ1v) is 6.42. The molecule has 2 saturated carbocycles. The zero-order chi connectivity index (χ0) is 10.2. The molecule has 0 saturated heterocycles. The highest BCUT2D eigenvalue weighted by Gasteiger charge is 2.38. The Labute approximate surface area is 90.1 Å². The van der Waals surface area contributed by atoms with Gasteiger partial charge >= 0.3 is 0 Å². The fourth-order valence-corrected chi connectivity index (χ4v) is 3.58. The topological polar surface area (TPSA) is 0 Å². The smallest absolute Gasteiger partial charge is 0.0674 e. The molecule has 0 unspecified atom stereocenters. The highest BCUT2D eigenvalue weighted by atomic mass is 14.4. The zero-order valence-electron chi connectivity index (χ0n) is 10.1. The van der Waals surface area contributed by atoms with E-state index in [1.165, 1.54) is 38.5 Å². The molecule has 0 aromatic rings. The lowest BCUT2D eigenvalue weighted by Crippen LogP contribution is -2.34. The van der Waals surface area contributed by atoms with Gasteiger partial charge in [-0.15, -0.1) is 0 Å². The van der Waals surface area contributed by atoms with E-state index < -0.39 is 0 Å². The van der Waals surface area contributed by atoms with E-state index in [2.05, 4.69) is 28.1 Å². The van der Waals surface area contributed by atoms with Gasteiger partial charge in [0.25, 0.3) is 0 Å². The van der Waals surface area contributed by atoms with Crippen LogP contribution < -0.4 is 0 Å². The van der Waals surface area contributed by atoms with Gasteiger partial charge in [0.2, 0.25) is 0 Å². The van der Waals surface area contributed by atoms with Crippen LogP contribution >= 0.6 is 0 Å². The first kappa shape index (κ1) is 10.6. The second-order valence-corrected chi connectivity index (χ2v) is 6.49. The van der Waals surface area contributed by atoms with Gasteiger partial charge in [-0.05, 0) is 11.8 Å². The third-order valence-electron chi connectivity index (χ3n) is 4.08. The molecule has 0 atom stereocenters. The van der Waals surface area contributed by atoms with Gasteiger partial charge in [-0.2, -0.15) is 0 Å². The van der Waals surface area contributed by atoms with E-state index in [4.69, 9.17) is 0 Å². The Hall–Kier alpha value is 0.0649. The molecule has 2 aliphatic carbocycles. The van der Waals surface area contributed by atoms with Gasteiger partial charge in [-0.25, -0.2) is 0 Å². The van der Waals surface area contributed by atoms with Crippen LogP contribution in [0.5, 0.6) is 0 Å². The molecule has 2 rings (SSSR count). The van der Waals surface area contributed by atoms with E-state index in [1.807, 2.05) is 0 Å². The summed E-state index contributed by atoms with van der Waals surface area (Å²) in [6, 6.07) is 0. The van der Waals surface area contributed by atoms with E-state index in [0.29, 0.717) is 5.31 Å². The van der Waals surface area contributed by atoms with Crippen molar-refractivity contribution in [1.29, 1.82) is 0 Å². The lowest BCUT2D eigenvalue weighted by Gasteiger charge is -2.45. The second-order valence-electron chi connectivity index (χ2n) is 6.49. The first-order chi connectivity index (χ1) is 6.56. The van der Waals surface area contributed by atoms with Crippen molar-refractivity contribution in [3.05, 3.63) is 0 Å². The Morgan fingerprint density at radius 1 is 0.857 bits per heavy atom. The molecule has 79 valence electrons. The van der Waals surface area contributed by atoms with E-state index in [0.717, 1.165) is 17.7 Å². The van der Waals surface area contributed by atoms with Crippen LogP contribution in [0.1, 0.15) is 59.3 Å². The van der Waals surface area contributed by atoms with Crippen LogP contribution in [0.3, 0.4) is 0 Å². The van der Waals surface area contributed by atoms with Gasteiger partial charge in [-0.1, -0.05) is 70.4 Å². The Morgan fingerprint density at radius 2 is 1.29 bits per heavy atom. The van der Waals surface area contributed by atoms with Crippen LogP contribution in [0.2, 0.25) is 11.1 Å². The first-order valence-electron chi connectivity index (χ1n) is 6.42. The SMILES string of the molecule is CC(C)(C)[B]C1C2CCCC1CCC2. The van der Waals surface area contributed by atoms with Crippen LogP contribution in [0, 0.1) is 11.8 Å². The van der Waals surface area contributed by atoms with Crippen molar-refractivity contribution in [3.8, 4) is 0 Å². The van der Waals surface area contributed by atoms with E-state index in [1.54, 1.807) is 0 Å². The monoisotopic (exact) mass is 191 g/mol. The van der Waals surface area contributed by atoms with Crippen molar-refractivity contribution in [2.45, 2.75) is 70.4 Å². The normalized spacial score (nSPS) is 38.1. The highest BCUT2D eigenvalue weighted by Crippen LogP contribution is 2.50. The highest BCUT2D eigenvalue weighted by molar-refractivity contribution is 6.41. The lowest BCUT2D eigenvalue weighted by atomic mass is 9.39. The van der Waals surface area contributed by atoms with E-state index >= 15 is 0 Å². The molecule has 1 heteroatoms. The quantitative estimate of drug-likeness (QED) is 0.542. The average molecular weight is 191 g/mol. The molecule has 2 fully saturated rings. The standard InChI is InChI=1S/C13H24B/c1-13(2,3)14-12-10-6-4-7-11(12)9-5-8-10/h10-12H,4-9H2,1-3H3. The maximum absolute atomic E-state index is 2.67. The lowest BCUT2D eigenvalue weighted by molar-refractivity contribution is 0.187. The molecule has 14 heavy (non-hydrogen) atoms. The molecule has 2 aliphatic rings. The maximum atomic E-state index is 2.67. The molecule has 0 aromatic carbocycles. The molecular weight excluding hydrogens is 167 g/mol. The molecule has 0 aromatic heterocycles. The molecular formula is C13H24B. The summed E-state index contributed by atoms with van der Waals surface area (Å²) in [5.74, 6) is 3.04. The Bertz CT molecular complexity index is 170. The van der Waals surface area contributed by atoms with Crippen molar-refractivity contribution in [2.75, 3.05) is 0 Å². The summed E-state index contributed by atoms with van der Waals surface area (Å²) in [6.45, 7) is 7.08. The number of hydrogen-bond donors (Lipinski definition) is 0. The predicted molar refractivity (Wildman–Crippen MR) is 63.9 cm³/mol. The average Bonchev–Trinajstić information content (AvgIpc) is 1.99. The summed E-state index contributed by atoms with van der Waals surface area (Å²) in [6.07, 6.45) is 9.04. The van der Waals surface area contributed by atoms with Gasteiger partial charge in [0, 0.05) is 0 Å². The predicted octanol–water partition coefficient (Wildman–Crippen LogP) is 4.30. The fourth-order valence-electron chi connectivity index (χ4n) is 3.58. The summed E-state index contributed by atoms with van der Waals surface area (Å²) in [7, 11) is 2.67. The van der Waals surface area contributed by atoms with Crippen LogP contribution in [0.25, 0.3) is 0 Å². The van der Waals surface area contributed by atoms with Crippen LogP contribution in [0.4, 0.5) is 0 Å². The van der Waals surface area contributed by atoms with Gasteiger partial charge < -0.3 is 0 Å². The number of hydrogen-bond acceptors (Lipinski definition) is 0. The minimum Gasteiger partial charge on any atom is -0.0674 e. The molecule has 2 bridgehead atoms. The Balaban J connectivity index is 2.01. The van der Waals surface area contributed by atoms with Crippen molar-refractivity contribution in [1.82, 2.24) is 0 Å². The molecule has 0 N–H and O–H groups in total. The van der Waals surface area contributed by atoms with Gasteiger partial charge in [0.05, 0.1) is 0 Å². The Morgan fingerprint density at radius 3 is 1.64 bits per heavy atom. The summed E-state index contributed by atoms with van der Waals surface area (Å²) < 4.78 is 0.